The van der Waals surface area contributed by atoms with Crippen molar-refractivity contribution in [2.45, 2.75) is 45.3 Å². The SMILES string of the molecule is C=C1C=C(OC)C=C(N2CCC(CC(F)(F)F)CC2)/C1=N/C=C(\C)C(=O)N[C@@H](C)COC. The average molecular weight is 456 g/mol. The lowest BCUT2D eigenvalue weighted by atomic mass is 9.91. The zero-order valence-corrected chi connectivity index (χ0v) is 19.1. The Labute approximate surface area is 187 Å². The molecule has 0 unspecified atom stereocenters. The smallest absolute Gasteiger partial charge is 0.389 e. The molecule has 6 nitrogen and oxygen atoms in total. The second-order valence-electron chi connectivity index (χ2n) is 8.18. The number of hydrogen-bond acceptors (Lipinski definition) is 5. The first-order valence-electron chi connectivity index (χ1n) is 10.6. The largest absolute Gasteiger partial charge is 0.497 e. The number of rotatable bonds is 8. The summed E-state index contributed by atoms with van der Waals surface area (Å²) in [4.78, 5) is 18.9. The highest BCUT2D eigenvalue weighted by molar-refractivity contribution is 6.15. The fourth-order valence-electron chi connectivity index (χ4n) is 3.71. The van der Waals surface area contributed by atoms with Gasteiger partial charge < -0.3 is 19.7 Å². The van der Waals surface area contributed by atoms with Gasteiger partial charge in [0.2, 0.25) is 5.91 Å². The molecule has 1 aliphatic carbocycles. The molecule has 0 aromatic carbocycles. The molecule has 0 radical (unpaired) electrons. The maximum atomic E-state index is 12.7. The molecule has 1 aliphatic heterocycles. The molecule has 1 heterocycles. The van der Waals surface area contributed by atoms with E-state index in [0.29, 0.717) is 55.2 Å². The van der Waals surface area contributed by atoms with Gasteiger partial charge in [-0.15, -0.1) is 0 Å². The van der Waals surface area contributed by atoms with E-state index in [1.807, 2.05) is 17.9 Å². The molecule has 1 amide bonds. The number of likely N-dealkylation sites (tertiary alicyclic amines) is 1. The van der Waals surface area contributed by atoms with E-state index < -0.39 is 12.6 Å². The number of amides is 1. The molecular weight excluding hydrogens is 423 g/mol. The van der Waals surface area contributed by atoms with E-state index in [4.69, 9.17) is 9.47 Å². The first-order chi connectivity index (χ1) is 15.0. The Balaban J connectivity index is 2.18. The number of ether oxygens (including phenoxy) is 2. The highest BCUT2D eigenvalue weighted by atomic mass is 19.4. The second-order valence-corrected chi connectivity index (χ2v) is 8.18. The van der Waals surface area contributed by atoms with E-state index in [0.717, 1.165) is 5.70 Å². The molecule has 2 rings (SSSR count). The van der Waals surface area contributed by atoms with Crippen LogP contribution < -0.4 is 5.32 Å². The lowest BCUT2D eigenvalue weighted by Gasteiger charge is -2.36. The Morgan fingerprint density at radius 3 is 2.56 bits per heavy atom. The van der Waals surface area contributed by atoms with Crippen LogP contribution in [-0.4, -0.2) is 62.7 Å². The van der Waals surface area contributed by atoms with E-state index in [9.17, 15) is 18.0 Å². The number of aliphatic imine (C=N–C) groups is 1. The quantitative estimate of drug-likeness (QED) is 0.559. The molecular formula is C23H32F3N3O3. The third kappa shape index (κ3) is 7.55. The number of alkyl halides is 3. The molecule has 0 aromatic rings. The summed E-state index contributed by atoms with van der Waals surface area (Å²) in [6.45, 7) is 8.90. The lowest BCUT2D eigenvalue weighted by molar-refractivity contribution is -0.147. The van der Waals surface area contributed by atoms with Gasteiger partial charge in [-0.1, -0.05) is 6.58 Å². The van der Waals surface area contributed by atoms with Gasteiger partial charge in [0.1, 0.15) is 5.76 Å². The molecule has 1 atom stereocenters. The molecule has 9 heteroatoms. The number of methoxy groups -OCH3 is 2. The Bertz CT molecular complexity index is 820. The van der Waals surface area contributed by atoms with Crippen LogP contribution in [-0.2, 0) is 14.3 Å². The first-order valence-corrected chi connectivity index (χ1v) is 10.6. The van der Waals surface area contributed by atoms with Gasteiger partial charge in [0.25, 0.3) is 0 Å². The van der Waals surface area contributed by atoms with Crippen LogP contribution in [0.1, 0.15) is 33.1 Å². The summed E-state index contributed by atoms with van der Waals surface area (Å²) in [5, 5.41) is 2.82. The molecule has 178 valence electrons. The monoisotopic (exact) mass is 455 g/mol. The van der Waals surface area contributed by atoms with Crippen molar-refractivity contribution in [3.63, 3.8) is 0 Å². The summed E-state index contributed by atoms with van der Waals surface area (Å²) in [6.07, 6.45) is 1.01. The first kappa shape index (κ1) is 25.7. The zero-order valence-electron chi connectivity index (χ0n) is 19.1. The number of carbonyl (C=O) groups excluding carboxylic acids is 1. The molecule has 1 N–H and O–H groups in total. The minimum atomic E-state index is -4.15. The summed E-state index contributed by atoms with van der Waals surface area (Å²) in [5.74, 6) is -0.0449. The van der Waals surface area contributed by atoms with E-state index in [1.54, 1.807) is 27.2 Å². The molecule has 0 bridgehead atoms. The second kappa shape index (κ2) is 11.4. The van der Waals surface area contributed by atoms with Crippen molar-refractivity contribution in [1.29, 1.82) is 0 Å². The maximum absolute atomic E-state index is 12.7. The molecule has 0 saturated carbocycles. The van der Waals surface area contributed by atoms with Gasteiger partial charge in [0, 0.05) is 50.5 Å². The summed E-state index contributed by atoms with van der Waals surface area (Å²) >= 11 is 0. The van der Waals surface area contributed by atoms with Gasteiger partial charge in [-0.2, -0.15) is 13.2 Å². The van der Waals surface area contributed by atoms with Crippen molar-refractivity contribution in [2.75, 3.05) is 33.9 Å². The summed E-state index contributed by atoms with van der Waals surface area (Å²) in [6, 6.07) is -0.145. The van der Waals surface area contributed by atoms with Crippen molar-refractivity contribution in [1.82, 2.24) is 10.2 Å². The number of carbonyl (C=O) groups is 1. The molecule has 32 heavy (non-hydrogen) atoms. The fourth-order valence-corrected chi connectivity index (χ4v) is 3.71. The number of halogens is 3. The van der Waals surface area contributed by atoms with E-state index in [1.165, 1.54) is 6.20 Å². The van der Waals surface area contributed by atoms with Crippen molar-refractivity contribution >= 4 is 11.6 Å². The summed E-state index contributed by atoms with van der Waals surface area (Å²) in [5.41, 5.74) is 2.32. The van der Waals surface area contributed by atoms with E-state index in [2.05, 4.69) is 16.9 Å². The number of allylic oxidation sites excluding steroid dienone is 3. The molecule has 0 aromatic heterocycles. The van der Waals surface area contributed by atoms with Crippen molar-refractivity contribution in [2.24, 2.45) is 10.9 Å². The Kier molecular flexibility index (Phi) is 9.12. The van der Waals surface area contributed by atoms with Crippen molar-refractivity contribution in [3.05, 3.63) is 47.5 Å². The lowest BCUT2D eigenvalue weighted by Crippen LogP contribution is -2.38. The Morgan fingerprint density at radius 1 is 1.34 bits per heavy atom. The van der Waals surface area contributed by atoms with E-state index in [-0.39, 0.29) is 17.9 Å². The average Bonchev–Trinajstić information content (AvgIpc) is 2.71. The van der Waals surface area contributed by atoms with Gasteiger partial charge in [-0.3, -0.25) is 9.79 Å². The molecule has 0 spiro atoms. The van der Waals surface area contributed by atoms with Crippen LogP contribution in [0.2, 0.25) is 0 Å². The zero-order chi connectivity index (χ0) is 23.9. The topological polar surface area (TPSA) is 63.2 Å². The number of hydrogen-bond donors (Lipinski definition) is 1. The number of piperidine rings is 1. The van der Waals surface area contributed by atoms with Gasteiger partial charge in [-0.05, 0) is 44.3 Å². The van der Waals surface area contributed by atoms with Crippen LogP contribution in [0.4, 0.5) is 13.2 Å². The van der Waals surface area contributed by atoms with Gasteiger partial charge in [0.05, 0.1) is 25.1 Å². The molecule has 2 aliphatic rings. The normalized spacial score (nSPS) is 20.7. The summed E-state index contributed by atoms with van der Waals surface area (Å²) < 4.78 is 48.6. The molecule has 1 saturated heterocycles. The maximum Gasteiger partial charge on any atom is 0.389 e. The Morgan fingerprint density at radius 2 is 2.00 bits per heavy atom. The standard InChI is InChI=1S/C23H32F3N3O3/c1-15-10-19(32-5)11-20(29-8-6-18(7-9-29)12-23(24,25)26)21(15)27-13-16(2)22(30)28-17(3)14-31-4/h10-11,13,17-18H,1,6-9,12,14H2,2-5H3,(H,28,30)/b16-13+,27-21+/t17-/m0/s1. The minimum Gasteiger partial charge on any atom is -0.497 e. The highest BCUT2D eigenvalue weighted by Gasteiger charge is 2.34. The number of nitrogens with zero attached hydrogens (tertiary/aromatic N) is 2. The van der Waals surface area contributed by atoms with Gasteiger partial charge >= 0.3 is 6.18 Å². The predicted molar refractivity (Wildman–Crippen MR) is 118 cm³/mol. The van der Waals surface area contributed by atoms with Crippen LogP contribution in [0.5, 0.6) is 0 Å². The van der Waals surface area contributed by atoms with Gasteiger partial charge in [-0.25, -0.2) is 0 Å². The fraction of sp³-hybridized carbons (Fsp3) is 0.565. The number of nitrogens with one attached hydrogen (secondary N) is 1. The summed E-state index contributed by atoms with van der Waals surface area (Å²) in [7, 11) is 3.11. The van der Waals surface area contributed by atoms with Crippen LogP contribution in [0.3, 0.4) is 0 Å². The van der Waals surface area contributed by atoms with Crippen molar-refractivity contribution in [3.8, 4) is 0 Å². The van der Waals surface area contributed by atoms with Gasteiger partial charge in [0.15, 0.2) is 0 Å². The minimum absolute atomic E-state index is 0.145. The predicted octanol–water partition coefficient (Wildman–Crippen LogP) is 4.13. The highest BCUT2D eigenvalue weighted by Crippen LogP contribution is 2.33. The van der Waals surface area contributed by atoms with Crippen LogP contribution >= 0.6 is 0 Å². The van der Waals surface area contributed by atoms with Crippen LogP contribution in [0.15, 0.2) is 52.5 Å². The van der Waals surface area contributed by atoms with Crippen molar-refractivity contribution < 1.29 is 27.4 Å². The van der Waals surface area contributed by atoms with E-state index >= 15 is 0 Å². The molecule has 1 fully saturated rings. The van der Waals surface area contributed by atoms with Crippen LogP contribution in [0, 0.1) is 5.92 Å². The third-order valence-corrected chi connectivity index (χ3v) is 5.39. The Hall–Kier alpha value is -2.55. The van der Waals surface area contributed by atoms with Crippen LogP contribution in [0.25, 0.3) is 0 Å². The third-order valence-electron chi connectivity index (χ3n) is 5.39.